The van der Waals surface area contributed by atoms with Crippen molar-refractivity contribution in [3.8, 4) is 11.6 Å². The van der Waals surface area contributed by atoms with Crippen molar-refractivity contribution in [1.29, 1.82) is 0 Å². The fourth-order valence-electron chi connectivity index (χ4n) is 3.93. The number of hydrogen-bond acceptors (Lipinski definition) is 12. The number of benzene rings is 1. The molecule has 4 rings (SSSR count). The summed E-state index contributed by atoms with van der Waals surface area (Å²) in [6, 6.07) is 6.17. The zero-order valence-electron chi connectivity index (χ0n) is 22.9. The first-order valence-corrected chi connectivity index (χ1v) is 14.3. The number of aliphatic hydroxyl groups excluding tert-OH is 1. The normalized spacial score (nSPS) is 23.9. The number of esters is 1. The SMILES string of the molecule is CCOc1nc(N)nc2c1ncn2[C@@H]1O[C@](F)(COP(=O)(N[C@@H](C)C(=O)OC(C)C)Oc2ccccc2)[C@@H](O)C1(F)F. The van der Waals surface area contributed by atoms with Crippen LogP contribution in [-0.4, -0.2) is 73.8 Å². The van der Waals surface area contributed by atoms with Crippen LogP contribution in [0.25, 0.3) is 11.2 Å². The smallest absolute Gasteiger partial charge is 0.459 e. The number of halogens is 3. The van der Waals surface area contributed by atoms with Gasteiger partial charge in [-0.05, 0) is 39.8 Å². The molecule has 14 nitrogen and oxygen atoms in total. The number of nitrogens with zero attached hydrogens (tertiary/aromatic N) is 4. The third kappa shape index (κ3) is 6.44. The standard InChI is InChI=1S/C24H30F3N6O8P/c1-5-37-18-16-17(30-22(28)31-18)33(12-29-16)21-24(26,27)20(35)23(25,40-21)11-38-42(36,41-15-9-7-6-8-10-15)32-14(4)19(34)39-13(2)3/h6-10,12-14,20-21,35H,5,11H2,1-4H3,(H,32,36)(H2,28,30,31)/t14-,20+,21+,23+,42?/m0/s1. The molecule has 3 aromatic rings. The number of carbonyl (C=O) groups is 1. The summed E-state index contributed by atoms with van der Waals surface area (Å²) in [4.78, 5) is 24.0. The molecule has 3 heterocycles. The van der Waals surface area contributed by atoms with E-state index in [-0.39, 0.29) is 35.3 Å². The number of carbonyl (C=O) groups excluding carboxylic acids is 1. The third-order valence-corrected chi connectivity index (χ3v) is 7.43. The van der Waals surface area contributed by atoms with Crippen LogP contribution in [0.2, 0.25) is 0 Å². The van der Waals surface area contributed by atoms with Gasteiger partial charge in [-0.25, -0.2) is 13.9 Å². The Morgan fingerprint density at radius 2 is 1.93 bits per heavy atom. The molecule has 0 bridgehead atoms. The number of nitrogens with two attached hydrogens (primary N) is 1. The number of alkyl halides is 3. The average Bonchev–Trinajstić information content (AvgIpc) is 3.40. The zero-order valence-corrected chi connectivity index (χ0v) is 23.8. The molecule has 1 aromatic carbocycles. The lowest BCUT2D eigenvalue weighted by Crippen LogP contribution is -2.46. The number of nitrogen functional groups attached to an aromatic ring is 1. The van der Waals surface area contributed by atoms with E-state index >= 15 is 13.2 Å². The molecule has 1 saturated heterocycles. The Balaban J connectivity index is 1.61. The highest BCUT2D eigenvalue weighted by molar-refractivity contribution is 7.52. The Morgan fingerprint density at radius 3 is 2.57 bits per heavy atom. The zero-order chi connectivity index (χ0) is 30.9. The average molecular weight is 619 g/mol. The number of rotatable bonds is 12. The van der Waals surface area contributed by atoms with Gasteiger partial charge in [-0.1, -0.05) is 18.2 Å². The highest BCUT2D eigenvalue weighted by atomic mass is 31.2. The molecule has 4 N–H and O–H groups in total. The van der Waals surface area contributed by atoms with E-state index in [0.29, 0.717) is 4.57 Å². The summed E-state index contributed by atoms with van der Waals surface area (Å²) < 4.78 is 86.9. The topological polar surface area (TPSA) is 182 Å². The van der Waals surface area contributed by atoms with Crippen LogP contribution in [0.3, 0.4) is 0 Å². The van der Waals surface area contributed by atoms with Gasteiger partial charge < -0.3 is 29.6 Å². The number of fused-ring (bicyclic) bond motifs is 1. The maximum Gasteiger partial charge on any atom is 0.459 e. The van der Waals surface area contributed by atoms with Crippen molar-refractivity contribution in [1.82, 2.24) is 24.6 Å². The van der Waals surface area contributed by atoms with Crippen LogP contribution in [0.5, 0.6) is 11.6 Å². The van der Waals surface area contributed by atoms with Gasteiger partial charge in [0.2, 0.25) is 18.1 Å². The second kappa shape index (κ2) is 12.0. The van der Waals surface area contributed by atoms with Crippen LogP contribution in [-0.2, 0) is 23.4 Å². The van der Waals surface area contributed by atoms with Crippen molar-refractivity contribution >= 4 is 30.8 Å². The van der Waals surface area contributed by atoms with Gasteiger partial charge in [0.1, 0.15) is 18.4 Å². The molecule has 18 heteroatoms. The van der Waals surface area contributed by atoms with Gasteiger partial charge in [0.25, 0.3) is 5.85 Å². The number of hydrogen-bond donors (Lipinski definition) is 3. The molecular weight excluding hydrogens is 588 g/mol. The Morgan fingerprint density at radius 1 is 1.24 bits per heavy atom. The fourth-order valence-corrected chi connectivity index (χ4v) is 5.43. The Kier molecular flexibility index (Phi) is 8.99. The Bertz CT molecular complexity index is 1460. The number of aliphatic hydroxyl groups is 1. The molecule has 0 saturated carbocycles. The molecule has 0 amide bonds. The monoisotopic (exact) mass is 618 g/mol. The lowest BCUT2D eigenvalue weighted by Gasteiger charge is -2.27. The summed E-state index contributed by atoms with van der Waals surface area (Å²) in [5.74, 6) is -9.24. The Labute approximate surface area is 237 Å². The summed E-state index contributed by atoms with van der Waals surface area (Å²) >= 11 is 0. The predicted molar refractivity (Wildman–Crippen MR) is 140 cm³/mol. The van der Waals surface area contributed by atoms with E-state index in [2.05, 4.69) is 20.0 Å². The van der Waals surface area contributed by atoms with Crippen LogP contribution in [0.4, 0.5) is 19.1 Å². The molecule has 1 aliphatic heterocycles. The second-order valence-corrected chi connectivity index (χ2v) is 11.2. The maximum atomic E-state index is 16.0. The van der Waals surface area contributed by atoms with E-state index in [9.17, 15) is 14.5 Å². The summed E-state index contributed by atoms with van der Waals surface area (Å²) in [5.41, 5.74) is 5.32. The number of aromatic nitrogens is 4. The van der Waals surface area contributed by atoms with Gasteiger partial charge in [0.15, 0.2) is 17.3 Å². The highest BCUT2D eigenvalue weighted by Crippen LogP contribution is 2.52. The molecule has 2 aromatic heterocycles. The number of ether oxygens (including phenoxy) is 3. The van der Waals surface area contributed by atoms with Crippen LogP contribution >= 0.6 is 7.75 Å². The maximum absolute atomic E-state index is 16.0. The van der Waals surface area contributed by atoms with Crippen molar-refractivity contribution in [3.05, 3.63) is 36.7 Å². The predicted octanol–water partition coefficient (Wildman–Crippen LogP) is 3.13. The molecule has 0 spiro atoms. The van der Waals surface area contributed by atoms with E-state index in [1.807, 2.05) is 0 Å². The quantitative estimate of drug-likeness (QED) is 0.199. The third-order valence-electron chi connectivity index (χ3n) is 5.81. The molecule has 230 valence electrons. The molecular formula is C24H30F3N6O8P. The fraction of sp³-hybridized carbons (Fsp3) is 0.500. The number of anilines is 1. The van der Waals surface area contributed by atoms with E-state index < -0.39 is 56.6 Å². The molecule has 5 atom stereocenters. The largest absolute Gasteiger partial charge is 0.476 e. The molecule has 0 aliphatic carbocycles. The Hall–Kier alpha value is -3.50. The summed E-state index contributed by atoms with van der Waals surface area (Å²) in [6.45, 7) is 4.73. The minimum atomic E-state index is -4.70. The molecule has 1 aliphatic rings. The van der Waals surface area contributed by atoms with E-state index in [4.69, 9.17) is 29.0 Å². The summed E-state index contributed by atoms with van der Waals surface area (Å²) in [5, 5.41) is 12.7. The van der Waals surface area contributed by atoms with Crippen molar-refractivity contribution in [2.24, 2.45) is 0 Å². The van der Waals surface area contributed by atoms with Gasteiger partial charge in [0, 0.05) is 0 Å². The minimum Gasteiger partial charge on any atom is -0.476 e. The van der Waals surface area contributed by atoms with Crippen molar-refractivity contribution in [2.45, 2.75) is 63.9 Å². The molecule has 1 fully saturated rings. The lowest BCUT2D eigenvalue weighted by molar-refractivity contribution is -0.202. The van der Waals surface area contributed by atoms with Crippen molar-refractivity contribution < 1.29 is 50.9 Å². The van der Waals surface area contributed by atoms with Gasteiger partial charge >= 0.3 is 19.6 Å². The first-order valence-electron chi connectivity index (χ1n) is 12.7. The van der Waals surface area contributed by atoms with Crippen LogP contribution in [0, 0.1) is 0 Å². The molecule has 1 unspecified atom stereocenters. The first kappa shape index (κ1) is 31.4. The minimum absolute atomic E-state index is 0.0194. The van der Waals surface area contributed by atoms with E-state index in [1.165, 1.54) is 31.2 Å². The van der Waals surface area contributed by atoms with Crippen LogP contribution < -0.4 is 20.1 Å². The first-order chi connectivity index (χ1) is 19.7. The van der Waals surface area contributed by atoms with E-state index in [0.717, 1.165) is 6.33 Å². The highest BCUT2D eigenvalue weighted by Gasteiger charge is 2.69. The number of imidazole rings is 1. The lowest BCUT2D eigenvalue weighted by atomic mass is 10.1. The molecule has 42 heavy (non-hydrogen) atoms. The number of para-hydroxylation sites is 1. The van der Waals surface area contributed by atoms with E-state index in [1.54, 1.807) is 26.8 Å². The summed E-state index contributed by atoms with van der Waals surface area (Å²) in [6.07, 6.45) is -5.27. The van der Waals surface area contributed by atoms with Crippen molar-refractivity contribution in [3.63, 3.8) is 0 Å². The van der Waals surface area contributed by atoms with Gasteiger partial charge in [-0.3, -0.25) is 13.9 Å². The number of nitrogens with one attached hydrogen (secondary N) is 1. The van der Waals surface area contributed by atoms with Crippen LogP contribution in [0.15, 0.2) is 36.7 Å². The van der Waals surface area contributed by atoms with Crippen molar-refractivity contribution in [2.75, 3.05) is 18.9 Å². The molecule has 0 radical (unpaired) electrons. The van der Waals surface area contributed by atoms with Crippen LogP contribution in [0.1, 0.15) is 33.9 Å². The summed E-state index contributed by atoms with van der Waals surface area (Å²) in [7, 11) is -4.70. The second-order valence-electron chi connectivity index (χ2n) is 9.49. The van der Waals surface area contributed by atoms with Gasteiger partial charge in [-0.15, -0.1) is 0 Å². The van der Waals surface area contributed by atoms with Gasteiger partial charge in [-0.2, -0.15) is 23.8 Å². The van der Waals surface area contributed by atoms with Gasteiger partial charge in [0.05, 0.1) is 19.0 Å².